The summed E-state index contributed by atoms with van der Waals surface area (Å²) in [6.45, 7) is 4.57. The smallest absolute Gasteiger partial charge is 0.254 e. The number of likely N-dealkylation sites (N-methyl/N-ethyl adjacent to an activating group) is 1. The lowest BCUT2D eigenvalue weighted by Gasteiger charge is -2.39. The van der Waals surface area contributed by atoms with Gasteiger partial charge >= 0.3 is 0 Å². The number of rotatable bonds is 6. The van der Waals surface area contributed by atoms with Crippen LogP contribution >= 0.6 is 0 Å². The van der Waals surface area contributed by atoms with Gasteiger partial charge in [0.2, 0.25) is 5.91 Å². The molecule has 1 atom stereocenters. The van der Waals surface area contributed by atoms with Crippen molar-refractivity contribution in [3.8, 4) is 18.1 Å². The van der Waals surface area contributed by atoms with Crippen LogP contribution in [-0.2, 0) is 4.79 Å². The van der Waals surface area contributed by atoms with E-state index in [4.69, 9.17) is 11.2 Å². The van der Waals surface area contributed by atoms with E-state index in [1.54, 1.807) is 36.5 Å². The molecule has 0 unspecified atom stereocenters. The lowest BCUT2D eigenvalue weighted by Crippen LogP contribution is -2.55. The molecular formula is C24H28N4O3. The Kier molecular flexibility index (Phi) is 7.27. The van der Waals surface area contributed by atoms with Crippen molar-refractivity contribution in [2.75, 3.05) is 46.9 Å². The van der Waals surface area contributed by atoms with Crippen LogP contribution in [0.15, 0.2) is 42.7 Å². The van der Waals surface area contributed by atoms with E-state index in [-0.39, 0.29) is 17.9 Å². The summed E-state index contributed by atoms with van der Waals surface area (Å²) < 4.78 is 5.41. The zero-order valence-corrected chi connectivity index (χ0v) is 18.2. The van der Waals surface area contributed by atoms with Gasteiger partial charge in [-0.2, -0.15) is 0 Å². The number of pyridine rings is 1. The molecule has 1 aliphatic rings. The van der Waals surface area contributed by atoms with Crippen molar-refractivity contribution in [2.24, 2.45) is 0 Å². The molecule has 2 heterocycles. The van der Waals surface area contributed by atoms with Crippen LogP contribution in [0.5, 0.6) is 5.75 Å². The molecular weight excluding hydrogens is 392 g/mol. The number of terminal acetylenes is 1. The summed E-state index contributed by atoms with van der Waals surface area (Å²) in [5.74, 6) is 3.16. The monoisotopic (exact) mass is 420 g/mol. The number of fused-ring (bicyclic) bond motifs is 1. The highest BCUT2D eigenvalue weighted by Gasteiger charge is 2.30. The summed E-state index contributed by atoms with van der Waals surface area (Å²) in [6.07, 6.45) is 12.1. The summed E-state index contributed by atoms with van der Waals surface area (Å²) in [7, 11) is 3.51. The first-order valence-corrected chi connectivity index (χ1v) is 10.3. The minimum atomic E-state index is -0.100. The Hall–Kier alpha value is -3.37. The highest BCUT2D eigenvalue weighted by molar-refractivity contribution is 6.08. The first-order chi connectivity index (χ1) is 15.0. The van der Waals surface area contributed by atoms with E-state index in [0.29, 0.717) is 44.0 Å². The maximum absolute atomic E-state index is 13.3. The fourth-order valence-corrected chi connectivity index (χ4v) is 3.80. The highest BCUT2D eigenvalue weighted by atomic mass is 16.5. The number of amides is 2. The Morgan fingerprint density at radius 2 is 2.13 bits per heavy atom. The molecule has 1 aromatic carbocycles. The van der Waals surface area contributed by atoms with Crippen molar-refractivity contribution in [1.29, 1.82) is 0 Å². The number of hydrogen-bond acceptors (Lipinski definition) is 5. The number of carbonyl (C=O) groups excluding carboxylic acids is 2. The molecule has 1 fully saturated rings. The van der Waals surface area contributed by atoms with Crippen LogP contribution in [0.2, 0.25) is 0 Å². The first-order valence-electron chi connectivity index (χ1n) is 10.3. The van der Waals surface area contributed by atoms with Crippen LogP contribution in [0.1, 0.15) is 17.3 Å². The number of methoxy groups -OCH3 is 1. The third kappa shape index (κ3) is 5.04. The molecule has 2 amide bonds. The molecule has 31 heavy (non-hydrogen) atoms. The number of aromatic nitrogens is 1. The molecule has 1 saturated heterocycles. The van der Waals surface area contributed by atoms with Crippen molar-refractivity contribution in [3.63, 3.8) is 0 Å². The third-order valence-electron chi connectivity index (χ3n) is 5.47. The second-order valence-electron chi connectivity index (χ2n) is 7.67. The molecule has 1 aliphatic heterocycles. The highest BCUT2D eigenvalue weighted by Crippen LogP contribution is 2.29. The van der Waals surface area contributed by atoms with Crippen LogP contribution in [0.3, 0.4) is 0 Å². The fourth-order valence-electron chi connectivity index (χ4n) is 3.80. The van der Waals surface area contributed by atoms with Gasteiger partial charge in [-0.1, -0.05) is 12.0 Å². The maximum Gasteiger partial charge on any atom is 0.254 e. The Morgan fingerprint density at radius 3 is 2.84 bits per heavy atom. The minimum Gasteiger partial charge on any atom is -0.496 e. The zero-order chi connectivity index (χ0) is 22.4. The van der Waals surface area contributed by atoms with Gasteiger partial charge in [0.15, 0.2) is 0 Å². The predicted octanol–water partition coefficient (Wildman–Crippen LogP) is 2.04. The SMILES string of the molecule is C#CCN(C)C/C=C/C(=O)N1CCN(C(=O)c2ccc(OC)c3ccncc23)[C@@H](C)C1. The molecule has 0 spiro atoms. The van der Waals surface area contributed by atoms with Crippen LogP contribution in [0, 0.1) is 12.3 Å². The summed E-state index contributed by atoms with van der Waals surface area (Å²) in [5, 5.41) is 1.61. The van der Waals surface area contributed by atoms with Gasteiger partial charge in [-0.05, 0) is 32.2 Å². The number of carbonyl (C=O) groups is 2. The van der Waals surface area contributed by atoms with E-state index >= 15 is 0 Å². The third-order valence-corrected chi connectivity index (χ3v) is 5.47. The molecule has 0 saturated carbocycles. The molecule has 7 nitrogen and oxygen atoms in total. The normalized spacial score (nSPS) is 16.7. The van der Waals surface area contributed by atoms with Gasteiger partial charge in [-0.15, -0.1) is 6.42 Å². The Bertz CT molecular complexity index is 1030. The van der Waals surface area contributed by atoms with Crippen LogP contribution < -0.4 is 4.74 Å². The van der Waals surface area contributed by atoms with Crippen molar-refractivity contribution >= 4 is 22.6 Å². The number of benzene rings is 1. The molecule has 0 aliphatic carbocycles. The van der Waals surface area contributed by atoms with E-state index in [1.807, 2.05) is 42.0 Å². The van der Waals surface area contributed by atoms with E-state index in [9.17, 15) is 9.59 Å². The molecule has 0 N–H and O–H groups in total. The minimum absolute atomic E-state index is 0.0489. The van der Waals surface area contributed by atoms with Gasteiger partial charge in [0.05, 0.1) is 13.7 Å². The van der Waals surface area contributed by atoms with Crippen LogP contribution in [0.4, 0.5) is 0 Å². The van der Waals surface area contributed by atoms with Gasteiger partial charge in [0.1, 0.15) is 5.75 Å². The second-order valence-corrected chi connectivity index (χ2v) is 7.67. The van der Waals surface area contributed by atoms with Crippen molar-refractivity contribution in [1.82, 2.24) is 19.7 Å². The lowest BCUT2D eigenvalue weighted by molar-refractivity contribution is -0.128. The van der Waals surface area contributed by atoms with Gasteiger partial charge < -0.3 is 14.5 Å². The Balaban J connectivity index is 1.68. The van der Waals surface area contributed by atoms with Crippen molar-refractivity contribution in [2.45, 2.75) is 13.0 Å². The molecule has 1 aromatic heterocycles. The first kappa shape index (κ1) is 22.3. The molecule has 162 valence electrons. The number of nitrogens with zero attached hydrogens (tertiary/aromatic N) is 4. The topological polar surface area (TPSA) is 66.0 Å². The molecule has 7 heteroatoms. The fraction of sp³-hybridized carbons (Fsp3) is 0.375. The molecule has 0 radical (unpaired) electrons. The summed E-state index contributed by atoms with van der Waals surface area (Å²) in [5.41, 5.74) is 0.590. The Morgan fingerprint density at radius 1 is 1.32 bits per heavy atom. The summed E-state index contributed by atoms with van der Waals surface area (Å²) >= 11 is 0. The largest absolute Gasteiger partial charge is 0.496 e. The van der Waals surface area contributed by atoms with Crippen molar-refractivity contribution in [3.05, 3.63) is 48.3 Å². The molecule has 3 rings (SSSR count). The van der Waals surface area contributed by atoms with Crippen molar-refractivity contribution < 1.29 is 14.3 Å². The number of piperazine rings is 1. The standard InChI is InChI=1S/C24H28N4O3/c1-5-12-26(3)13-6-7-23(29)27-14-15-28(18(2)17-27)24(30)20-8-9-22(31-4)19-10-11-25-16-21(19)20/h1,6-11,16,18H,12-15,17H2,2-4H3/b7-6+/t18-/m0/s1. The van der Waals surface area contributed by atoms with Crippen LogP contribution in [0.25, 0.3) is 10.8 Å². The van der Waals surface area contributed by atoms with E-state index in [0.717, 1.165) is 10.8 Å². The average Bonchev–Trinajstić information content (AvgIpc) is 2.78. The zero-order valence-electron chi connectivity index (χ0n) is 18.2. The van der Waals surface area contributed by atoms with E-state index < -0.39 is 0 Å². The predicted molar refractivity (Wildman–Crippen MR) is 121 cm³/mol. The number of hydrogen-bond donors (Lipinski definition) is 0. The average molecular weight is 421 g/mol. The summed E-state index contributed by atoms with van der Waals surface area (Å²) in [4.78, 5) is 35.6. The lowest BCUT2D eigenvalue weighted by atomic mass is 10.0. The summed E-state index contributed by atoms with van der Waals surface area (Å²) in [6, 6.07) is 5.34. The molecule has 0 bridgehead atoms. The molecule has 2 aromatic rings. The van der Waals surface area contributed by atoms with E-state index in [2.05, 4.69) is 10.9 Å². The maximum atomic E-state index is 13.3. The van der Waals surface area contributed by atoms with Gasteiger partial charge in [0.25, 0.3) is 5.91 Å². The number of ether oxygens (including phenoxy) is 1. The second kappa shape index (κ2) is 10.1. The van der Waals surface area contributed by atoms with Crippen LogP contribution in [-0.4, -0.2) is 84.4 Å². The van der Waals surface area contributed by atoms with Gasteiger partial charge in [0, 0.05) is 67.0 Å². The van der Waals surface area contributed by atoms with Gasteiger partial charge in [-0.25, -0.2) is 0 Å². The van der Waals surface area contributed by atoms with E-state index in [1.165, 1.54) is 0 Å². The van der Waals surface area contributed by atoms with Gasteiger partial charge in [-0.3, -0.25) is 19.5 Å². The Labute approximate surface area is 183 Å². The quantitative estimate of drug-likeness (QED) is 0.529.